The zero-order valence-electron chi connectivity index (χ0n) is 10.6. The summed E-state index contributed by atoms with van der Waals surface area (Å²) in [7, 11) is -1.73. The van der Waals surface area contributed by atoms with E-state index in [0.717, 1.165) is 12.6 Å². The second-order valence-electron chi connectivity index (χ2n) is 4.59. The van der Waals surface area contributed by atoms with Gasteiger partial charge in [-0.15, -0.1) is 0 Å². The summed E-state index contributed by atoms with van der Waals surface area (Å²) in [5, 5.41) is 0. The molecule has 1 atom stereocenters. The van der Waals surface area contributed by atoms with Crippen LogP contribution in [0, 0.1) is 5.92 Å². The molecule has 0 fully saturated rings. The summed E-state index contributed by atoms with van der Waals surface area (Å²) in [4.78, 5) is 0. The van der Waals surface area contributed by atoms with Gasteiger partial charge in [-0.2, -0.15) is 0 Å². The lowest BCUT2D eigenvalue weighted by Crippen LogP contribution is -1.97. The highest BCUT2D eigenvalue weighted by Crippen LogP contribution is 2.25. The van der Waals surface area contributed by atoms with E-state index in [9.17, 15) is 4.57 Å². The molecular formula is C12H27O2P. The van der Waals surface area contributed by atoms with Crippen LogP contribution in [0.15, 0.2) is 0 Å². The third-order valence-electron chi connectivity index (χ3n) is 2.31. The molecule has 92 valence electrons. The Morgan fingerprint density at radius 1 is 1.07 bits per heavy atom. The Morgan fingerprint density at radius 2 is 1.67 bits per heavy atom. The van der Waals surface area contributed by atoms with Gasteiger partial charge in [0.1, 0.15) is 0 Å². The van der Waals surface area contributed by atoms with Crippen molar-refractivity contribution in [3.63, 3.8) is 0 Å². The van der Waals surface area contributed by atoms with Crippen LogP contribution in [-0.2, 0) is 9.09 Å². The summed E-state index contributed by atoms with van der Waals surface area (Å²) in [6.45, 7) is 7.03. The highest BCUT2D eigenvalue weighted by Gasteiger charge is 2.01. The molecule has 0 aliphatic rings. The van der Waals surface area contributed by atoms with Crippen molar-refractivity contribution >= 4 is 8.03 Å². The first-order valence-electron chi connectivity index (χ1n) is 6.32. The van der Waals surface area contributed by atoms with Gasteiger partial charge in [0, 0.05) is 6.16 Å². The maximum Gasteiger partial charge on any atom is 0.191 e. The van der Waals surface area contributed by atoms with Crippen molar-refractivity contribution in [2.24, 2.45) is 5.92 Å². The summed E-state index contributed by atoms with van der Waals surface area (Å²) in [5.74, 6) is 0.489. The molecule has 0 saturated heterocycles. The summed E-state index contributed by atoms with van der Waals surface area (Å²) < 4.78 is 16.7. The Morgan fingerprint density at radius 3 is 2.27 bits per heavy atom. The summed E-state index contributed by atoms with van der Waals surface area (Å²) in [5.41, 5.74) is 0. The Labute approximate surface area is 95.7 Å². The van der Waals surface area contributed by atoms with Crippen molar-refractivity contribution in [1.82, 2.24) is 0 Å². The SMILES string of the molecule is CCCCCCCC[PH](=O)OCC(C)C. The second-order valence-corrected chi connectivity index (χ2v) is 6.13. The lowest BCUT2D eigenvalue weighted by atomic mass is 10.1. The molecule has 15 heavy (non-hydrogen) atoms. The summed E-state index contributed by atoms with van der Waals surface area (Å²) in [6.07, 6.45) is 8.29. The molecule has 0 aromatic heterocycles. The molecule has 0 aliphatic carbocycles. The van der Waals surface area contributed by atoms with E-state index in [2.05, 4.69) is 20.8 Å². The van der Waals surface area contributed by atoms with Gasteiger partial charge in [0.2, 0.25) is 0 Å². The fourth-order valence-electron chi connectivity index (χ4n) is 1.38. The second kappa shape index (κ2) is 10.7. The highest BCUT2D eigenvalue weighted by atomic mass is 31.1. The predicted octanol–water partition coefficient (Wildman–Crippen LogP) is 4.49. The third-order valence-corrected chi connectivity index (χ3v) is 3.56. The average Bonchev–Trinajstić information content (AvgIpc) is 2.20. The van der Waals surface area contributed by atoms with Gasteiger partial charge in [-0.25, -0.2) is 0 Å². The monoisotopic (exact) mass is 234 g/mol. The lowest BCUT2D eigenvalue weighted by Gasteiger charge is -2.06. The average molecular weight is 234 g/mol. The van der Waals surface area contributed by atoms with Crippen molar-refractivity contribution in [3.05, 3.63) is 0 Å². The molecule has 0 saturated carbocycles. The first-order chi connectivity index (χ1) is 7.16. The Hall–Kier alpha value is 0.190. The number of hydrogen-bond acceptors (Lipinski definition) is 2. The van der Waals surface area contributed by atoms with Gasteiger partial charge in [-0.1, -0.05) is 52.9 Å². The van der Waals surface area contributed by atoms with Crippen LogP contribution in [0.4, 0.5) is 0 Å². The minimum absolute atomic E-state index is 0.489. The predicted molar refractivity (Wildman–Crippen MR) is 68.0 cm³/mol. The van der Waals surface area contributed by atoms with Crippen LogP contribution in [0.1, 0.15) is 59.3 Å². The summed E-state index contributed by atoms with van der Waals surface area (Å²) in [6, 6.07) is 0. The fourth-order valence-corrected chi connectivity index (χ4v) is 2.58. The van der Waals surface area contributed by atoms with E-state index in [1.54, 1.807) is 0 Å². The number of rotatable bonds is 10. The van der Waals surface area contributed by atoms with Gasteiger partial charge < -0.3 is 4.52 Å². The van der Waals surface area contributed by atoms with E-state index in [0.29, 0.717) is 12.5 Å². The molecule has 0 rings (SSSR count). The normalized spacial score (nSPS) is 13.3. The first-order valence-corrected chi connectivity index (χ1v) is 7.84. The lowest BCUT2D eigenvalue weighted by molar-refractivity contribution is 0.282. The van der Waals surface area contributed by atoms with Gasteiger partial charge in [0.25, 0.3) is 0 Å². The van der Waals surface area contributed by atoms with Crippen LogP contribution in [-0.4, -0.2) is 12.8 Å². The van der Waals surface area contributed by atoms with Gasteiger partial charge >= 0.3 is 0 Å². The van der Waals surface area contributed by atoms with Crippen molar-refractivity contribution in [2.75, 3.05) is 12.8 Å². The Balaban J connectivity index is 3.17. The van der Waals surface area contributed by atoms with E-state index in [1.807, 2.05) is 0 Å². The molecule has 0 N–H and O–H groups in total. The Kier molecular flexibility index (Phi) is 10.8. The van der Waals surface area contributed by atoms with E-state index < -0.39 is 8.03 Å². The fraction of sp³-hybridized carbons (Fsp3) is 1.00. The van der Waals surface area contributed by atoms with Crippen LogP contribution in [0.25, 0.3) is 0 Å². The van der Waals surface area contributed by atoms with Crippen LogP contribution in [0.5, 0.6) is 0 Å². The molecule has 0 aromatic carbocycles. The number of unbranched alkanes of at least 4 members (excludes halogenated alkanes) is 5. The van der Waals surface area contributed by atoms with E-state index in [4.69, 9.17) is 4.52 Å². The molecule has 0 aromatic rings. The minimum Gasteiger partial charge on any atom is -0.330 e. The molecule has 0 amide bonds. The standard InChI is InChI=1S/C12H27O2P/c1-4-5-6-7-8-9-10-15(13)14-11-12(2)3/h12,15H,4-11H2,1-3H3. The van der Waals surface area contributed by atoms with E-state index in [-0.39, 0.29) is 0 Å². The Bertz CT molecular complexity index is 158. The zero-order chi connectivity index (χ0) is 11.5. The molecule has 0 heterocycles. The zero-order valence-corrected chi connectivity index (χ0v) is 11.6. The van der Waals surface area contributed by atoms with Crippen LogP contribution < -0.4 is 0 Å². The maximum atomic E-state index is 11.4. The molecule has 0 bridgehead atoms. The van der Waals surface area contributed by atoms with Crippen molar-refractivity contribution in [3.8, 4) is 0 Å². The van der Waals surface area contributed by atoms with Crippen molar-refractivity contribution < 1.29 is 9.09 Å². The van der Waals surface area contributed by atoms with Crippen LogP contribution in [0.3, 0.4) is 0 Å². The molecule has 3 heteroatoms. The third kappa shape index (κ3) is 12.1. The largest absolute Gasteiger partial charge is 0.330 e. The highest BCUT2D eigenvalue weighted by molar-refractivity contribution is 7.39. The van der Waals surface area contributed by atoms with E-state index in [1.165, 1.54) is 32.1 Å². The maximum absolute atomic E-state index is 11.4. The molecule has 0 aliphatic heterocycles. The van der Waals surface area contributed by atoms with Gasteiger partial charge in [-0.3, -0.25) is 4.57 Å². The van der Waals surface area contributed by atoms with Crippen molar-refractivity contribution in [1.29, 1.82) is 0 Å². The smallest absolute Gasteiger partial charge is 0.191 e. The summed E-state index contributed by atoms with van der Waals surface area (Å²) >= 11 is 0. The van der Waals surface area contributed by atoms with E-state index >= 15 is 0 Å². The van der Waals surface area contributed by atoms with Crippen molar-refractivity contribution in [2.45, 2.75) is 59.3 Å². The van der Waals surface area contributed by atoms with Crippen LogP contribution >= 0.6 is 8.03 Å². The van der Waals surface area contributed by atoms with Gasteiger partial charge in [0.05, 0.1) is 6.61 Å². The van der Waals surface area contributed by atoms with Gasteiger partial charge in [0.15, 0.2) is 8.03 Å². The minimum atomic E-state index is -1.73. The molecule has 0 spiro atoms. The molecule has 2 nitrogen and oxygen atoms in total. The van der Waals surface area contributed by atoms with Gasteiger partial charge in [-0.05, 0) is 12.3 Å². The molecule has 1 unspecified atom stereocenters. The first kappa shape index (κ1) is 15.2. The molecular weight excluding hydrogens is 207 g/mol. The topological polar surface area (TPSA) is 26.3 Å². The quantitative estimate of drug-likeness (QED) is 0.411. The number of hydrogen-bond donors (Lipinski definition) is 0. The molecule has 0 radical (unpaired) electrons. The van der Waals surface area contributed by atoms with Crippen LogP contribution in [0.2, 0.25) is 0 Å².